The first-order valence-corrected chi connectivity index (χ1v) is 3.43. The smallest absolute Gasteiger partial charge is 0.0159 e. The summed E-state index contributed by atoms with van der Waals surface area (Å²) >= 11 is 0. The van der Waals surface area contributed by atoms with E-state index in [4.69, 9.17) is 0 Å². The molecule has 0 radical (unpaired) electrons. The van der Waals surface area contributed by atoms with Crippen LogP contribution in [0.15, 0.2) is 0 Å². The molecule has 1 saturated heterocycles. The maximum absolute atomic E-state index is 2.46. The highest BCUT2D eigenvalue weighted by Gasteiger charge is 2.53. The van der Waals surface area contributed by atoms with Crippen molar-refractivity contribution >= 4 is 0 Å². The van der Waals surface area contributed by atoms with Crippen LogP contribution in [0, 0.1) is 5.41 Å². The highest BCUT2D eigenvalue weighted by Crippen LogP contribution is 2.51. The van der Waals surface area contributed by atoms with Crippen molar-refractivity contribution in [3.05, 3.63) is 0 Å². The normalized spacial score (nSPS) is 54.0. The van der Waals surface area contributed by atoms with E-state index in [2.05, 4.69) is 18.9 Å². The molecule has 0 bridgehead atoms. The van der Waals surface area contributed by atoms with E-state index < -0.39 is 0 Å². The average Bonchev–Trinajstić information content (AvgIpc) is 1.64. The van der Waals surface area contributed by atoms with Crippen molar-refractivity contribution in [2.45, 2.75) is 25.8 Å². The molecule has 8 heavy (non-hydrogen) atoms. The van der Waals surface area contributed by atoms with Gasteiger partial charge in [0.15, 0.2) is 0 Å². The van der Waals surface area contributed by atoms with Crippen LogP contribution >= 0.6 is 0 Å². The topological polar surface area (TPSA) is 3.24 Å². The molecule has 1 aliphatic carbocycles. The highest BCUT2D eigenvalue weighted by atomic mass is 15.2. The quantitative estimate of drug-likeness (QED) is 0.452. The lowest BCUT2D eigenvalue weighted by atomic mass is 9.59. The molecule has 46 valence electrons. The van der Waals surface area contributed by atoms with E-state index in [-0.39, 0.29) is 0 Å². The monoisotopic (exact) mass is 111 g/mol. The van der Waals surface area contributed by atoms with Gasteiger partial charge >= 0.3 is 0 Å². The molecule has 0 aromatic heterocycles. The second-order valence-corrected chi connectivity index (χ2v) is 3.62. The summed E-state index contributed by atoms with van der Waals surface area (Å²) in [6.07, 6.45) is 2.93. The summed E-state index contributed by atoms with van der Waals surface area (Å²) in [5.41, 5.74) is 0.759. The van der Waals surface area contributed by atoms with E-state index in [1.165, 1.54) is 19.4 Å². The third-order valence-electron chi connectivity index (χ3n) is 2.94. The van der Waals surface area contributed by atoms with Gasteiger partial charge in [0.2, 0.25) is 0 Å². The Kier molecular flexibility index (Phi) is 0.663. The van der Waals surface area contributed by atoms with E-state index >= 15 is 0 Å². The predicted molar refractivity (Wildman–Crippen MR) is 33.8 cm³/mol. The van der Waals surface area contributed by atoms with E-state index in [0.29, 0.717) is 0 Å². The molecule has 1 heteroatoms. The molecular weight excluding hydrogens is 98.1 g/mol. The van der Waals surface area contributed by atoms with Crippen LogP contribution in [0.1, 0.15) is 19.8 Å². The lowest BCUT2D eigenvalue weighted by molar-refractivity contribution is -0.122. The summed E-state index contributed by atoms with van der Waals surface area (Å²) in [4.78, 5) is 2.46. The van der Waals surface area contributed by atoms with E-state index in [9.17, 15) is 0 Å². The van der Waals surface area contributed by atoms with Crippen molar-refractivity contribution in [2.75, 3.05) is 13.6 Å². The van der Waals surface area contributed by atoms with E-state index in [1.54, 1.807) is 0 Å². The third kappa shape index (κ3) is 0.334. The number of likely N-dealkylation sites (tertiary alicyclic amines) is 1. The van der Waals surface area contributed by atoms with Crippen LogP contribution < -0.4 is 0 Å². The number of rotatable bonds is 0. The molecule has 2 fully saturated rings. The molecule has 2 rings (SSSR count). The van der Waals surface area contributed by atoms with Crippen LogP contribution in [0.2, 0.25) is 0 Å². The van der Waals surface area contributed by atoms with Crippen molar-refractivity contribution in [2.24, 2.45) is 5.41 Å². The zero-order valence-electron chi connectivity index (χ0n) is 5.65. The Morgan fingerprint density at radius 3 is 2.38 bits per heavy atom. The fraction of sp³-hybridized carbons (Fsp3) is 1.00. The molecule has 0 aromatic rings. The third-order valence-corrected chi connectivity index (χ3v) is 2.94. The van der Waals surface area contributed by atoms with Gasteiger partial charge in [-0.15, -0.1) is 0 Å². The summed E-state index contributed by atoms with van der Waals surface area (Å²) in [7, 11) is 2.23. The maximum Gasteiger partial charge on any atom is 0.0159 e. The van der Waals surface area contributed by atoms with Gasteiger partial charge in [-0.1, -0.05) is 6.92 Å². The number of hydrogen-bond donors (Lipinski definition) is 0. The minimum atomic E-state index is 0.759. The van der Waals surface area contributed by atoms with E-state index in [0.717, 1.165) is 11.5 Å². The summed E-state index contributed by atoms with van der Waals surface area (Å²) in [5, 5.41) is 0. The fourth-order valence-electron chi connectivity index (χ4n) is 2.27. The molecule has 0 aromatic carbocycles. The van der Waals surface area contributed by atoms with Gasteiger partial charge in [-0.25, -0.2) is 0 Å². The Morgan fingerprint density at radius 2 is 2.38 bits per heavy atom. The molecule has 2 unspecified atom stereocenters. The first kappa shape index (κ1) is 4.80. The standard InChI is InChI=1S/C7H13N/c1-7-4-3-6(7)8(2)5-7/h6H,3-5H2,1-2H3. The molecule has 1 heterocycles. The fourth-order valence-corrected chi connectivity index (χ4v) is 2.27. The molecular formula is C7H13N. The maximum atomic E-state index is 2.46. The number of fused-ring (bicyclic) bond motifs is 1. The Bertz CT molecular complexity index is 122. The minimum Gasteiger partial charge on any atom is -0.302 e. The summed E-state index contributed by atoms with van der Waals surface area (Å²) in [6, 6.07) is 0.961. The Labute approximate surface area is 50.7 Å². The summed E-state index contributed by atoms with van der Waals surface area (Å²) in [6.45, 7) is 3.75. The first-order chi connectivity index (χ1) is 3.72. The zero-order valence-corrected chi connectivity index (χ0v) is 5.65. The Morgan fingerprint density at radius 1 is 1.62 bits per heavy atom. The lowest BCUT2D eigenvalue weighted by Crippen LogP contribution is -2.67. The molecule has 0 N–H and O–H groups in total. The van der Waals surface area contributed by atoms with Gasteiger partial charge in [-0.3, -0.25) is 0 Å². The van der Waals surface area contributed by atoms with Gasteiger partial charge in [-0.2, -0.15) is 0 Å². The average molecular weight is 111 g/mol. The van der Waals surface area contributed by atoms with Gasteiger partial charge in [0.05, 0.1) is 0 Å². The minimum absolute atomic E-state index is 0.759. The van der Waals surface area contributed by atoms with Crippen molar-refractivity contribution in [3.63, 3.8) is 0 Å². The number of nitrogens with zero attached hydrogens (tertiary/aromatic N) is 1. The van der Waals surface area contributed by atoms with Crippen LogP contribution in [0.3, 0.4) is 0 Å². The largest absolute Gasteiger partial charge is 0.302 e. The van der Waals surface area contributed by atoms with Gasteiger partial charge < -0.3 is 4.90 Å². The Balaban J connectivity index is 2.08. The summed E-state index contributed by atoms with van der Waals surface area (Å²) < 4.78 is 0. The van der Waals surface area contributed by atoms with Crippen molar-refractivity contribution < 1.29 is 0 Å². The molecule has 1 saturated carbocycles. The van der Waals surface area contributed by atoms with Crippen LogP contribution in [-0.4, -0.2) is 24.5 Å². The predicted octanol–water partition coefficient (Wildman–Crippen LogP) is 1.10. The zero-order chi connectivity index (χ0) is 5.78. The Hall–Kier alpha value is -0.0400. The first-order valence-electron chi connectivity index (χ1n) is 3.43. The van der Waals surface area contributed by atoms with E-state index in [1.807, 2.05) is 0 Å². The number of hydrogen-bond acceptors (Lipinski definition) is 1. The van der Waals surface area contributed by atoms with Gasteiger partial charge in [0.25, 0.3) is 0 Å². The van der Waals surface area contributed by atoms with Crippen LogP contribution in [-0.2, 0) is 0 Å². The SMILES string of the molecule is CN1CC2(C)CCC12. The number of piperidine rings is 1. The molecule has 0 spiro atoms. The van der Waals surface area contributed by atoms with Gasteiger partial charge in [-0.05, 0) is 25.3 Å². The van der Waals surface area contributed by atoms with Crippen molar-refractivity contribution in [1.29, 1.82) is 0 Å². The van der Waals surface area contributed by atoms with Gasteiger partial charge in [0.1, 0.15) is 0 Å². The molecule has 1 aliphatic heterocycles. The highest BCUT2D eigenvalue weighted by molar-refractivity contribution is 5.07. The van der Waals surface area contributed by atoms with Gasteiger partial charge in [0, 0.05) is 12.6 Å². The van der Waals surface area contributed by atoms with Crippen LogP contribution in [0.25, 0.3) is 0 Å². The molecule has 1 nitrogen and oxygen atoms in total. The molecule has 2 aliphatic rings. The second-order valence-electron chi connectivity index (χ2n) is 3.62. The van der Waals surface area contributed by atoms with Crippen LogP contribution in [0.5, 0.6) is 0 Å². The molecule has 0 amide bonds. The molecule has 2 atom stereocenters. The second kappa shape index (κ2) is 1.10. The van der Waals surface area contributed by atoms with Crippen molar-refractivity contribution in [1.82, 2.24) is 4.90 Å². The van der Waals surface area contributed by atoms with Crippen LogP contribution in [0.4, 0.5) is 0 Å². The van der Waals surface area contributed by atoms with Crippen molar-refractivity contribution in [3.8, 4) is 0 Å². The summed E-state index contributed by atoms with van der Waals surface area (Å²) in [5.74, 6) is 0. The lowest BCUT2D eigenvalue weighted by Gasteiger charge is -2.62.